The molecule has 0 aromatic rings. The summed E-state index contributed by atoms with van der Waals surface area (Å²) in [5.74, 6) is -0.138. The SMILES string of the molecule is C=CC(C)(O)CCC(O)C(C)CO. The number of hydrogen-bond acceptors (Lipinski definition) is 3. The van der Waals surface area contributed by atoms with Gasteiger partial charge in [0.15, 0.2) is 0 Å². The van der Waals surface area contributed by atoms with Gasteiger partial charge in [-0.15, -0.1) is 6.58 Å². The average molecular weight is 188 g/mol. The van der Waals surface area contributed by atoms with Crippen LogP contribution in [0.4, 0.5) is 0 Å². The zero-order valence-corrected chi connectivity index (χ0v) is 8.40. The summed E-state index contributed by atoms with van der Waals surface area (Å²) in [6, 6.07) is 0. The summed E-state index contributed by atoms with van der Waals surface area (Å²) in [7, 11) is 0. The van der Waals surface area contributed by atoms with E-state index in [1.165, 1.54) is 6.08 Å². The minimum atomic E-state index is -0.920. The molecule has 0 radical (unpaired) electrons. The predicted molar refractivity (Wildman–Crippen MR) is 52.3 cm³/mol. The Morgan fingerprint density at radius 2 is 2.08 bits per heavy atom. The van der Waals surface area contributed by atoms with Crippen LogP contribution < -0.4 is 0 Å². The molecule has 3 unspecified atom stereocenters. The topological polar surface area (TPSA) is 60.7 Å². The van der Waals surface area contributed by atoms with Crippen molar-refractivity contribution in [3.63, 3.8) is 0 Å². The monoisotopic (exact) mass is 188 g/mol. The van der Waals surface area contributed by atoms with Gasteiger partial charge in [-0.05, 0) is 19.8 Å². The van der Waals surface area contributed by atoms with E-state index >= 15 is 0 Å². The van der Waals surface area contributed by atoms with Crippen LogP contribution in [0.15, 0.2) is 12.7 Å². The molecule has 78 valence electrons. The molecule has 3 nitrogen and oxygen atoms in total. The molecule has 3 atom stereocenters. The largest absolute Gasteiger partial charge is 0.396 e. The van der Waals surface area contributed by atoms with Gasteiger partial charge in [0.1, 0.15) is 0 Å². The van der Waals surface area contributed by atoms with E-state index in [9.17, 15) is 10.2 Å². The molecule has 0 spiro atoms. The van der Waals surface area contributed by atoms with E-state index in [2.05, 4.69) is 6.58 Å². The van der Waals surface area contributed by atoms with Gasteiger partial charge in [0.25, 0.3) is 0 Å². The number of aliphatic hydroxyl groups excluding tert-OH is 2. The van der Waals surface area contributed by atoms with Crippen LogP contribution in [-0.4, -0.2) is 33.6 Å². The Hall–Kier alpha value is -0.380. The first-order chi connectivity index (χ1) is 5.93. The molecule has 13 heavy (non-hydrogen) atoms. The van der Waals surface area contributed by atoms with Crippen LogP contribution in [-0.2, 0) is 0 Å². The second kappa shape index (κ2) is 5.37. The van der Waals surface area contributed by atoms with Crippen LogP contribution in [0.25, 0.3) is 0 Å². The highest BCUT2D eigenvalue weighted by Gasteiger charge is 2.20. The van der Waals surface area contributed by atoms with Gasteiger partial charge >= 0.3 is 0 Å². The Morgan fingerprint density at radius 1 is 1.54 bits per heavy atom. The predicted octanol–water partition coefficient (Wildman–Crippen LogP) is 0.693. The third kappa shape index (κ3) is 5.03. The third-order valence-corrected chi connectivity index (χ3v) is 2.33. The second-order valence-electron chi connectivity index (χ2n) is 3.83. The Morgan fingerprint density at radius 3 is 2.46 bits per heavy atom. The molecule has 0 rings (SSSR count). The maximum absolute atomic E-state index is 9.53. The molecular formula is C10H20O3. The number of aliphatic hydroxyl groups is 3. The van der Waals surface area contributed by atoms with Crippen LogP contribution in [0.1, 0.15) is 26.7 Å². The van der Waals surface area contributed by atoms with E-state index in [1.54, 1.807) is 13.8 Å². The third-order valence-electron chi connectivity index (χ3n) is 2.33. The molecule has 0 aliphatic rings. The minimum Gasteiger partial charge on any atom is -0.396 e. The lowest BCUT2D eigenvalue weighted by molar-refractivity contribution is 0.0379. The molecule has 0 aromatic heterocycles. The lowest BCUT2D eigenvalue weighted by Gasteiger charge is -2.22. The standard InChI is InChI=1S/C10H20O3/c1-4-10(3,13)6-5-9(12)8(2)7-11/h4,8-9,11-13H,1,5-7H2,2-3H3. The first-order valence-corrected chi connectivity index (χ1v) is 4.58. The first-order valence-electron chi connectivity index (χ1n) is 4.58. The fourth-order valence-electron chi connectivity index (χ4n) is 0.948. The Labute approximate surface area is 79.7 Å². The molecule has 0 fully saturated rings. The van der Waals surface area contributed by atoms with Crippen LogP contribution >= 0.6 is 0 Å². The fraction of sp³-hybridized carbons (Fsp3) is 0.800. The van der Waals surface area contributed by atoms with Gasteiger partial charge in [-0.2, -0.15) is 0 Å². The van der Waals surface area contributed by atoms with Gasteiger partial charge in [0.05, 0.1) is 11.7 Å². The van der Waals surface area contributed by atoms with E-state index in [-0.39, 0.29) is 12.5 Å². The normalized spacial score (nSPS) is 20.4. The summed E-state index contributed by atoms with van der Waals surface area (Å²) in [5, 5.41) is 27.8. The maximum atomic E-state index is 9.53. The second-order valence-corrected chi connectivity index (χ2v) is 3.83. The van der Waals surface area contributed by atoms with Crippen LogP contribution in [0.5, 0.6) is 0 Å². The molecule has 0 aliphatic heterocycles. The number of hydrogen-bond donors (Lipinski definition) is 3. The Balaban J connectivity index is 3.81. The average Bonchev–Trinajstić information content (AvgIpc) is 2.13. The van der Waals surface area contributed by atoms with Crippen molar-refractivity contribution >= 4 is 0 Å². The first kappa shape index (κ1) is 12.6. The van der Waals surface area contributed by atoms with Crippen molar-refractivity contribution in [1.29, 1.82) is 0 Å². The molecule has 0 saturated heterocycles. The van der Waals surface area contributed by atoms with Crippen molar-refractivity contribution in [1.82, 2.24) is 0 Å². The van der Waals surface area contributed by atoms with Gasteiger partial charge in [-0.3, -0.25) is 0 Å². The quantitative estimate of drug-likeness (QED) is 0.537. The van der Waals surface area contributed by atoms with Crippen LogP contribution in [0, 0.1) is 5.92 Å². The summed E-state index contributed by atoms with van der Waals surface area (Å²) in [5.41, 5.74) is -0.920. The molecule has 0 heterocycles. The molecule has 0 aliphatic carbocycles. The lowest BCUT2D eigenvalue weighted by atomic mass is 9.94. The highest BCUT2D eigenvalue weighted by Crippen LogP contribution is 2.17. The molecule has 0 saturated carbocycles. The summed E-state index contributed by atoms with van der Waals surface area (Å²) < 4.78 is 0. The molecule has 0 bridgehead atoms. The maximum Gasteiger partial charge on any atom is 0.0798 e. The van der Waals surface area contributed by atoms with E-state index in [1.807, 2.05) is 0 Å². The van der Waals surface area contributed by atoms with Crippen molar-refractivity contribution in [3.05, 3.63) is 12.7 Å². The van der Waals surface area contributed by atoms with E-state index in [0.29, 0.717) is 12.8 Å². The van der Waals surface area contributed by atoms with Crippen LogP contribution in [0.2, 0.25) is 0 Å². The summed E-state index contributed by atoms with van der Waals surface area (Å²) in [4.78, 5) is 0. The smallest absolute Gasteiger partial charge is 0.0798 e. The molecule has 3 N–H and O–H groups in total. The van der Waals surface area contributed by atoms with Gasteiger partial charge in [0, 0.05) is 12.5 Å². The zero-order valence-electron chi connectivity index (χ0n) is 8.40. The molecule has 3 heteroatoms. The summed E-state index contributed by atoms with van der Waals surface area (Å²) in [6.45, 7) is 6.88. The summed E-state index contributed by atoms with van der Waals surface area (Å²) in [6.07, 6.45) is 1.84. The number of rotatable bonds is 6. The highest BCUT2D eigenvalue weighted by molar-refractivity contribution is 4.91. The zero-order chi connectivity index (χ0) is 10.5. The van der Waals surface area contributed by atoms with Gasteiger partial charge < -0.3 is 15.3 Å². The van der Waals surface area contributed by atoms with Crippen molar-refractivity contribution in [2.45, 2.75) is 38.4 Å². The molecule has 0 amide bonds. The fourth-order valence-corrected chi connectivity index (χ4v) is 0.948. The van der Waals surface area contributed by atoms with Crippen molar-refractivity contribution < 1.29 is 15.3 Å². The highest BCUT2D eigenvalue weighted by atomic mass is 16.3. The van der Waals surface area contributed by atoms with Gasteiger partial charge in [-0.25, -0.2) is 0 Å². The van der Waals surface area contributed by atoms with E-state index in [0.717, 1.165) is 0 Å². The molecular weight excluding hydrogens is 168 g/mol. The van der Waals surface area contributed by atoms with Crippen molar-refractivity contribution in [3.8, 4) is 0 Å². The van der Waals surface area contributed by atoms with Gasteiger partial charge in [0.2, 0.25) is 0 Å². The van der Waals surface area contributed by atoms with E-state index in [4.69, 9.17) is 5.11 Å². The lowest BCUT2D eigenvalue weighted by Crippen LogP contribution is -2.27. The Kier molecular flexibility index (Phi) is 5.21. The van der Waals surface area contributed by atoms with Crippen molar-refractivity contribution in [2.24, 2.45) is 5.92 Å². The summed E-state index contributed by atoms with van der Waals surface area (Å²) >= 11 is 0. The van der Waals surface area contributed by atoms with Gasteiger partial charge in [-0.1, -0.05) is 13.0 Å². The minimum absolute atomic E-state index is 0.0304. The van der Waals surface area contributed by atoms with Crippen LogP contribution in [0.3, 0.4) is 0 Å². The molecule has 0 aromatic carbocycles. The Bertz CT molecular complexity index is 154. The van der Waals surface area contributed by atoms with E-state index < -0.39 is 11.7 Å². The van der Waals surface area contributed by atoms with Crippen molar-refractivity contribution in [2.75, 3.05) is 6.61 Å².